The van der Waals surface area contributed by atoms with Crippen molar-refractivity contribution in [1.29, 1.82) is 0 Å². The first-order valence-corrected chi connectivity index (χ1v) is 12.3. The predicted molar refractivity (Wildman–Crippen MR) is 133 cm³/mol. The van der Waals surface area contributed by atoms with Gasteiger partial charge in [0.2, 0.25) is 11.8 Å². The Morgan fingerprint density at radius 1 is 1.09 bits per heavy atom. The summed E-state index contributed by atoms with van der Waals surface area (Å²) in [6.07, 6.45) is 5.30. The normalized spacial score (nSPS) is 14.9. The number of carbonyl (C=O) groups is 2. The van der Waals surface area contributed by atoms with E-state index < -0.39 is 16.9 Å². The summed E-state index contributed by atoms with van der Waals surface area (Å²) in [7, 11) is 0. The highest BCUT2D eigenvalue weighted by Gasteiger charge is 2.32. The number of carbonyl (C=O) groups excluding carboxylic acids is 2. The van der Waals surface area contributed by atoms with Crippen molar-refractivity contribution in [2.45, 2.75) is 70.5 Å². The Morgan fingerprint density at radius 3 is 2.35 bits per heavy atom. The molecular weight excluding hydrogens is 477 g/mol. The maximum atomic E-state index is 13.5. The predicted octanol–water partition coefficient (Wildman–Crippen LogP) is 5.70. The summed E-state index contributed by atoms with van der Waals surface area (Å²) in [5, 5.41) is 15.3. The van der Waals surface area contributed by atoms with E-state index in [1.54, 1.807) is 36.4 Å². The number of hydrogen-bond acceptors (Lipinski definition) is 4. The number of halogens is 2. The lowest BCUT2D eigenvalue weighted by molar-refractivity contribution is -0.385. The van der Waals surface area contributed by atoms with Crippen molar-refractivity contribution in [3.63, 3.8) is 0 Å². The van der Waals surface area contributed by atoms with Gasteiger partial charge in [-0.3, -0.25) is 19.7 Å². The van der Waals surface area contributed by atoms with Crippen LogP contribution in [0, 0.1) is 10.1 Å². The maximum absolute atomic E-state index is 13.5. The lowest BCUT2D eigenvalue weighted by Gasteiger charge is -2.33. The minimum atomic E-state index is -0.760. The molecule has 3 rings (SSSR count). The summed E-state index contributed by atoms with van der Waals surface area (Å²) in [5.41, 5.74) is 0.687. The fourth-order valence-corrected chi connectivity index (χ4v) is 4.94. The molecule has 2 aromatic carbocycles. The number of amides is 2. The second kappa shape index (κ2) is 12.2. The van der Waals surface area contributed by atoms with E-state index in [2.05, 4.69) is 5.32 Å². The van der Waals surface area contributed by atoms with Crippen LogP contribution in [0.15, 0.2) is 42.5 Å². The molecular formula is C25H29Cl2N3O4. The van der Waals surface area contributed by atoms with E-state index in [1.165, 1.54) is 11.0 Å². The Bertz CT molecular complexity index is 1020. The van der Waals surface area contributed by atoms with E-state index in [0.717, 1.165) is 32.1 Å². The van der Waals surface area contributed by atoms with Crippen LogP contribution in [0.5, 0.6) is 0 Å². The molecule has 1 aliphatic rings. The minimum Gasteiger partial charge on any atom is -0.352 e. The molecule has 0 aliphatic heterocycles. The minimum absolute atomic E-state index is 0.0224. The molecule has 0 unspecified atom stereocenters. The van der Waals surface area contributed by atoms with Gasteiger partial charge in [0.05, 0.1) is 11.3 Å². The Morgan fingerprint density at radius 2 is 1.74 bits per heavy atom. The van der Waals surface area contributed by atoms with Crippen LogP contribution >= 0.6 is 23.2 Å². The second-order valence-corrected chi connectivity index (χ2v) is 9.37. The molecule has 0 saturated heterocycles. The molecule has 1 atom stereocenters. The van der Waals surface area contributed by atoms with Gasteiger partial charge in [-0.05, 0) is 31.4 Å². The molecule has 9 heteroatoms. The van der Waals surface area contributed by atoms with Crippen molar-refractivity contribution in [3.05, 3.63) is 73.8 Å². The van der Waals surface area contributed by atoms with Crippen LogP contribution < -0.4 is 5.32 Å². The first kappa shape index (κ1) is 26.0. The second-order valence-electron chi connectivity index (χ2n) is 8.55. The van der Waals surface area contributed by atoms with E-state index in [0.29, 0.717) is 22.0 Å². The Kier molecular flexibility index (Phi) is 9.30. The van der Waals surface area contributed by atoms with E-state index in [9.17, 15) is 19.7 Å². The smallest absolute Gasteiger partial charge is 0.273 e. The van der Waals surface area contributed by atoms with Gasteiger partial charge in [0.25, 0.3) is 5.69 Å². The quantitative estimate of drug-likeness (QED) is 0.349. The number of hydrogen-bond donors (Lipinski definition) is 1. The maximum Gasteiger partial charge on any atom is 0.273 e. The van der Waals surface area contributed by atoms with Gasteiger partial charge in [-0.25, -0.2) is 0 Å². The molecule has 0 bridgehead atoms. The molecule has 0 aromatic heterocycles. The molecule has 1 aliphatic carbocycles. The van der Waals surface area contributed by atoms with Gasteiger partial charge >= 0.3 is 0 Å². The number of nitrogens with one attached hydrogen (secondary N) is 1. The van der Waals surface area contributed by atoms with E-state index in [4.69, 9.17) is 23.2 Å². The Hall–Kier alpha value is -2.64. The third-order valence-corrected chi connectivity index (χ3v) is 6.97. The summed E-state index contributed by atoms with van der Waals surface area (Å²) in [6.45, 7) is 1.86. The van der Waals surface area contributed by atoms with Crippen molar-refractivity contribution < 1.29 is 14.5 Å². The topological polar surface area (TPSA) is 92.6 Å². The zero-order valence-corrected chi connectivity index (χ0v) is 20.6. The highest BCUT2D eigenvalue weighted by Crippen LogP contribution is 2.28. The highest BCUT2D eigenvalue weighted by molar-refractivity contribution is 6.36. The van der Waals surface area contributed by atoms with E-state index in [1.807, 2.05) is 6.92 Å². The summed E-state index contributed by atoms with van der Waals surface area (Å²) >= 11 is 12.8. The molecule has 1 saturated carbocycles. The SMILES string of the molecule is CC[C@H](C(=O)NC1CCCCC1)N(Cc1c(Cl)cccc1Cl)C(=O)Cc1ccccc1[N+](=O)[O-]. The fraction of sp³-hybridized carbons (Fsp3) is 0.440. The highest BCUT2D eigenvalue weighted by atomic mass is 35.5. The molecule has 34 heavy (non-hydrogen) atoms. The lowest BCUT2D eigenvalue weighted by Crippen LogP contribution is -2.52. The Balaban J connectivity index is 1.91. The molecule has 0 spiro atoms. The molecule has 182 valence electrons. The molecule has 7 nitrogen and oxygen atoms in total. The van der Waals surface area contributed by atoms with Crippen LogP contribution in [-0.4, -0.2) is 33.7 Å². The van der Waals surface area contributed by atoms with E-state index >= 15 is 0 Å². The number of nitro benzene ring substituents is 1. The van der Waals surface area contributed by atoms with Crippen molar-refractivity contribution >= 4 is 40.7 Å². The zero-order chi connectivity index (χ0) is 24.7. The van der Waals surface area contributed by atoms with Gasteiger partial charge in [-0.1, -0.05) is 73.7 Å². The third kappa shape index (κ3) is 6.48. The average Bonchev–Trinajstić information content (AvgIpc) is 2.81. The van der Waals surface area contributed by atoms with Crippen LogP contribution in [-0.2, 0) is 22.6 Å². The Labute approximate surface area is 209 Å². The van der Waals surface area contributed by atoms with Gasteiger partial charge in [-0.2, -0.15) is 0 Å². The van der Waals surface area contributed by atoms with Crippen LogP contribution in [0.3, 0.4) is 0 Å². The third-order valence-electron chi connectivity index (χ3n) is 6.26. The van der Waals surface area contributed by atoms with Crippen LogP contribution in [0.2, 0.25) is 10.0 Å². The van der Waals surface area contributed by atoms with Crippen molar-refractivity contribution in [3.8, 4) is 0 Å². The van der Waals surface area contributed by atoms with Gasteiger partial charge in [0.1, 0.15) is 6.04 Å². The van der Waals surface area contributed by atoms with Crippen molar-refractivity contribution in [1.82, 2.24) is 10.2 Å². The zero-order valence-electron chi connectivity index (χ0n) is 19.1. The average molecular weight is 506 g/mol. The van der Waals surface area contributed by atoms with Crippen LogP contribution in [0.4, 0.5) is 5.69 Å². The summed E-state index contributed by atoms with van der Waals surface area (Å²) in [5.74, 6) is -0.635. The number of nitrogens with zero attached hydrogens (tertiary/aromatic N) is 2. The summed E-state index contributed by atoms with van der Waals surface area (Å²) in [4.78, 5) is 39.2. The largest absolute Gasteiger partial charge is 0.352 e. The summed E-state index contributed by atoms with van der Waals surface area (Å²) < 4.78 is 0. The van der Waals surface area contributed by atoms with Crippen molar-refractivity contribution in [2.75, 3.05) is 0 Å². The number of rotatable bonds is 9. The summed E-state index contributed by atoms with van der Waals surface area (Å²) in [6, 6.07) is 10.5. The molecule has 0 heterocycles. The van der Waals surface area contributed by atoms with Gasteiger partial charge in [0.15, 0.2) is 0 Å². The molecule has 1 fully saturated rings. The van der Waals surface area contributed by atoms with Crippen LogP contribution in [0.25, 0.3) is 0 Å². The number of para-hydroxylation sites is 1. The molecule has 0 radical (unpaired) electrons. The lowest BCUT2D eigenvalue weighted by atomic mass is 9.95. The van der Waals surface area contributed by atoms with Gasteiger partial charge in [0, 0.05) is 39.8 Å². The first-order valence-electron chi connectivity index (χ1n) is 11.6. The standard InChI is InChI=1S/C25H29Cl2N3O4/c1-2-22(25(32)28-18-10-4-3-5-11-18)29(16-19-20(26)12-8-13-21(19)27)24(31)15-17-9-6-7-14-23(17)30(33)34/h6-9,12-14,18,22H,2-5,10-11,15-16H2,1H3,(H,28,32)/t22-/m1/s1. The van der Waals surface area contributed by atoms with Crippen LogP contribution in [0.1, 0.15) is 56.6 Å². The molecule has 2 amide bonds. The fourth-order valence-electron chi connectivity index (χ4n) is 4.42. The number of benzene rings is 2. The molecule has 1 N–H and O–H groups in total. The monoisotopic (exact) mass is 505 g/mol. The number of nitro groups is 1. The van der Waals surface area contributed by atoms with Gasteiger partial charge < -0.3 is 10.2 Å². The van der Waals surface area contributed by atoms with Gasteiger partial charge in [-0.15, -0.1) is 0 Å². The first-order chi connectivity index (χ1) is 16.3. The van der Waals surface area contributed by atoms with Crippen molar-refractivity contribution in [2.24, 2.45) is 0 Å². The molecule has 2 aromatic rings. The van der Waals surface area contributed by atoms with E-state index in [-0.39, 0.29) is 36.2 Å².